The highest BCUT2D eigenvalue weighted by atomic mass is 16.2. The zero-order valence-corrected chi connectivity index (χ0v) is 14.5. The lowest BCUT2D eigenvalue weighted by Crippen LogP contribution is -2.42. The fourth-order valence-corrected chi connectivity index (χ4v) is 3.04. The number of amides is 1. The summed E-state index contributed by atoms with van der Waals surface area (Å²) in [6, 6.07) is 0.295. The normalized spacial score (nSPS) is 18.2. The highest BCUT2D eigenvalue weighted by Gasteiger charge is 2.17. The number of rotatable bonds is 9. The number of carbonyl (C=O) groups excluding carboxylic acids is 1. The number of hydrogen-bond donors (Lipinski definition) is 2. The van der Waals surface area contributed by atoms with Gasteiger partial charge >= 0.3 is 0 Å². The van der Waals surface area contributed by atoms with E-state index >= 15 is 0 Å². The lowest BCUT2D eigenvalue weighted by Gasteiger charge is -2.27. The van der Waals surface area contributed by atoms with Crippen LogP contribution in [0.15, 0.2) is 0 Å². The van der Waals surface area contributed by atoms with Crippen LogP contribution in [0.4, 0.5) is 0 Å². The first kappa shape index (κ1) is 18.4. The summed E-state index contributed by atoms with van der Waals surface area (Å²) in [5.74, 6) is 1.67. The second-order valence-corrected chi connectivity index (χ2v) is 7.18. The summed E-state index contributed by atoms with van der Waals surface area (Å²) >= 11 is 0. The van der Waals surface area contributed by atoms with Crippen LogP contribution in [-0.2, 0) is 4.79 Å². The minimum absolute atomic E-state index is 0.170. The number of hydrogen-bond acceptors (Lipinski definition) is 3. The Kier molecular flexibility index (Phi) is 8.93. The van der Waals surface area contributed by atoms with Crippen molar-refractivity contribution in [3.8, 4) is 0 Å². The van der Waals surface area contributed by atoms with Crippen LogP contribution < -0.4 is 10.6 Å². The average Bonchev–Trinajstić information content (AvgIpc) is 2.38. The maximum atomic E-state index is 12.0. The van der Waals surface area contributed by atoms with Gasteiger partial charge in [0.05, 0.1) is 6.54 Å². The van der Waals surface area contributed by atoms with E-state index in [-0.39, 0.29) is 5.91 Å². The van der Waals surface area contributed by atoms with Gasteiger partial charge in [0, 0.05) is 12.6 Å². The van der Waals surface area contributed by atoms with Gasteiger partial charge in [0.15, 0.2) is 0 Å². The van der Waals surface area contributed by atoms with Gasteiger partial charge in [-0.2, -0.15) is 0 Å². The van der Waals surface area contributed by atoms with E-state index in [9.17, 15) is 4.79 Å². The molecule has 0 aromatic carbocycles. The van der Waals surface area contributed by atoms with Gasteiger partial charge in [0.2, 0.25) is 5.91 Å². The molecule has 4 nitrogen and oxygen atoms in total. The Labute approximate surface area is 131 Å². The minimum atomic E-state index is 0.170. The first-order chi connectivity index (χ1) is 9.97. The van der Waals surface area contributed by atoms with Gasteiger partial charge in [-0.15, -0.1) is 0 Å². The molecule has 0 saturated carbocycles. The van der Waals surface area contributed by atoms with E-state index in [0.29, 0.717) is 12.6 Å². The molecule has 1 amide bonds. The summed E-state index contributed by atoms with van der Waals surface area (Å²) in [7, 11) is 2.06. The largest absolute Gasteiger partial charge is 0.353 e. The predicted octanol–water partition coefficient (Wildman–Crippen LogP) is 2.25. The van der Waals surface area contributed by atoms with E-state index in [1.807, 2.05) is 0 Å². The van der Waals surface area contributed by atoms with Gasteiger partial charge in [-0.05, 0) is 58.2 Å². The molecule has 0 spiro atoms. The molecule has 1 unspecified atom stereocenters. The van der Waals surface area contributed by atoms with Crippen molar-refractivity contribution >= 4 is 5.91 Å². The molecule has 1 saturated heterocycles. The van der Waals surface area contributed by atoms with Crippen LogP contribution in [-0.4, -0.2) is 50.1 Å². The highest BCUT2D eigenvalue weighted by Crippen LogP contribution is 2.12. The Morgan fingerprint density at radius 3 is 2.52 bits per heavy atom. The fourth-order valence-electron chi connectivity index (χ4n) is 3.04. The van der Waals surface area contributed by atoms with E-state index in [2.05, 4.69) is 43.4 Å². The maximum Gasteiger partial charge on any atom is 0.234 e. The van der Waals surface area contributed by atoms with E-state index in [1.54, 1.807) is 0 Å². The van der Waals surface area contributed by atoms with Crippen molar-refractivity contribution < 1.29 is 4.79 Å². The molecular weight excluding hydrogens is 262 g/mol. The Bertz CT molecular complexity index is 288. The van der Waals surface area contributed by atoms with Crippen molar-refractivity contribution in [2.24, 2.45) is 11.8 Å². The lowest BCUT2D eigenvalue weighted by atomic mass is 9.98. The number of nitrogens with one attached hydrogen (secondary N) is 2. The third kappa shape index (κ3) is 9.10. The molecule has 21 heavy (non-hydrogen) atoms. The first-order valence-corrected chi connectivity index (χ1v) is 8.66. The van der Waals surface area contributed by atoms with E-state index < -0.39 is 0 Å². The standard InChI is InChI=1S/C17H35N3O/c1-14(2)6-5-7-15(3)19-17(21)13-20(4)12-16-8-10-18-11-9-16/h14-16,18H,5-13H2,1-4H3,(H,19,21). The van der Waals surface area contributed by atoms with Gasteiger partial charge in [0.1, 0.15) is 0 Å². The molecule has 4 heteroatoms. The molecule has 1 fully saturated rings. The summed E-state index contributed by atoms with van der Waals surface area (Å²) in [5, 5.41) is 6.51. The molecule has 124 valence electrons. The SMILES string of the molecule is CC(C)CCCC(C)NC(=O)CN(C)CC1CCNCC1. The Hall–Kier alpha value is -0.610. The van der Waals surface area contributed by atoms with Crippen LogP contribution in [0, 0.1) is 11.8 Å². The molecule has 1 atom stereocenters. The third-order valence-corrected chi connectivity index (χ3v) is 4.27. The van der Waals surface area contributed by atoms with E-state index in [0.717, 1.165) is 37.9 Å². The van der Waals surface area contributed by atoms with Crippen molar-refractivity contribution in [3.63, 3.8) is 0 Å². The highest BCUT2D eigenvalue weighted by molar-refractivity contribution is 5.78. The van der Waals surface area contributed by atoms with Gasteiger partial charge < -0.3 is 10.6 Å². The quantitative estimate of drug-likeness (QED) is 0.686. The van der Waals surface area contributed by atoms with E-state index in [4.69, 9.17) is 0 Å². The van der Waals surface area contributed by atoms with Crippen LogP contribution in [0.1, 0.15) is 52.9 Å². The molecule has 1 rings (SSSR count). The zero-order chi connectivity index (χ0) is 15.7. The summed E-state index contributed by atoms with van der Waals surface area (Å²) in [6.45, 7) is 10.4. The fraction of sp³-hybridized carbons (Fsp3) is 0.941. The summed E-state index contributed by atoms with van der Waals surface area (Å²) in [5.41, 5.74) is 0. The molecule has 2 N–H and O–H groups in total. The third-order valence-electron chi connectivity index (χ3n) is 4.27. The Morgan fingerprint density at radius 2 is 1.90 bits per heavy atom. The second kappa shape index (κ2) is 10.2. The lowest BCUT2D eigenvalue weighted by molar-refractivity contribution is -0.122. The number of carbonyl (C=O) groups is 1. The minimum Gasteiger partial charge on any atom is -0.353 e. The van der Waals surface area contributed by atoms with Gasteiger partial charge in [-0.25, -0.2) is 0 Å². The van der Waals surface area contributed by atoms with Crippen LogP contribution in [0.25, 0.3) is 0 Å². The van der Waals surface area contributed by atoms with Crippen molar-refractivity contribution in [3.05, 3.63) is 0 Å². The molecule has 1 aliphatic rings. The summed E-state index contributed by atoms with van der Waals surface area (Å²) < 4.78 is 0. The number of nitrogens with zero attached hydrogens (tertiary/aromatic N) is 1. The molecular formula is C17H35N3O. The van der Waals surface area contributed by atoms with Gasteiger partial charge in [-0.1, -0.05) is 26.7 Å². The molecule has 0 aliphatic carbocycles. The van der Waals surface area contributed by atoms with Crippen LogP contribution >= 0.6 is 0 Å². The van der Waals surface area contributed by atoms with E-state index in [1.165, 1.54) is 25.7 Å². The molecule has 0 radical (unpaired) electrons. The molecule has 0 bridgehead atoms. The van der Waals surface area contributed by atoms with Gasteiger partial charge in [-0.3, -0.25) is 9.69 Å². The zero-order valence-electron chi connectivity index (χ0n) is 14.5. The topological polar surface area (TPSA) is 44.4 Å². The summed E-state index contributed by atoms with van der Waals surface area (Å²) in [4.78, 5) is 14.2. The molecule has 1 heterocycles. The van der Waals surface area contributed by atoms with Crippen molar-refractivity contribution in [2.75, 3.05) is 33.2 Å². The van der Waals surface area contributed by atoms with Crippen LogP contribution in [0.5, 0.6) is 0 Å². The van der Waals surface area contributed by atoms with Crippen LogP contribution in [0.2, 0.25) is 0 Å². The monoisotopic (exact) mass is 297 g/mol. The molecule has 1 aliphatic heterocycles. The number of piperidine rings is 1. The van der Waals surface area contributed by atoms with Crippen molar-refractivity contribution in [2.45, 2.75) is 58.9 Å². The Balaban J connectivity index is 2.13. The molecule has 0 aromatic heterocycles. The predicted molar refractivity (Wildman–Crippen MR) is 89.4 cm³/mol. The number of likely N-dealkylation sites (N-methyl/N-ethyl adjacent to an activating group) is 1. The first-order valence-electron chi connectivity index (χ1n) is 8.66. The summed E-state index contributed by atoms with van der Waals surface area (Å²) in [6.07, 6.45) is 6.00. The second-order valence-electron chi connectivity index (χ2n) is 7.18. The maximum absolute atomic E-state index is 12.0. The smallest absolute Gasteiger partial charge is 0.234 e. The van der Waals surface area contributed by atoms with Crippen molar-refractivity contribution in [1.29, 1.82) is 0 Å². The average molecular weight is 297 g/mol. The Morgan fingerprint density at radius 1 is 1.24 bits per heavy atom. The van der Waals surface area contributed by atoms with Crippen molar-refractivity contribution in [1.82, 2.24) is 15.5 Å². The molecule has 0 aromatic rings. The van der Waals surface area contributed by atoms with Gasteiger partial charge in [0.25, 0.3) is 0 Å². The van der Waals surface area contributed by atoms with Crippen LogP contribution in [0.3, 0.4) is 0 Å².